The Hall–Kier alpha value is -4.51. The first kappa shape index (κ1) is 23.6. The number of anilines is 1. The molecule has 2 N–H and O–H groups in total. The van der Waals surface area contributed by atoms with Crippen molar-refractivity contribution in [3.05, 3.63) is 106 Å². The van der Waals surface area contributed by atoms with Gasteiger partial charge in [0.05, 0.1) is 4.92 Å². The first-order valence-corrected chi connectivity index (χ1v) is 11.2. The first-order valence-electron chi connectivity index (χ1n) is 10.4. The second kappa shape index (κ2) is 10.6. The van der Waals surface area contributed by atoms with Crippen LogP contribution in [0, 0.1) is 15.9 Å². The molecule has 9 nitrogen and oxygen atoms in total. The molecular weight excluding hydrogens is 473 g/mol. The van der Waals surface area contributed by atoms with Crippen molar-refractivity contribution in [3.63, 3.8) is 0 Å². The highest BCUT2D eigenvalue weighted by atomic mass is 32.1. The average molecular weight is 492 g/mol. The number of benzene rings is 3. The minimum atomic E-state index is -0.998. The van der Waals surface area contributed by atoms with Crippen molar-refractivity contribution < 1.29 is 18.9 Å². The minimum absolute atomic E-state index is 0.0552. The average Bonchev–Trinajstić information content (AvgIpc) is 3.33. The molecule has 1 heterocycles. The number of nitrogens with zero attached hydrogens (tertiary/aromatic N) is 3. The van der Waals surface area contributed by atoms with Crippen LogP contribution in [0.15, 0.2) is 78.9 Å². The van der Waals surface area contributed by atoms with E-state index in [2.05, 4.69) is 20.8 Å². The molecule has 0 spiro atoms. The maximum atomic E-state index is 13.2. The highest BCUT2D eigenvalue weighted by molar-refractivity contribution is 7.18. The van der Waals surface area contributed by atoms with E-state index < -0.39 is 22.8 Å². The molecule has 0 aliphatic heterocycles. The molecule has 176 valence electrons. The van der Waals surface area contributed by atoms with E-state index in [1.54, 1.807) is 12.1 Å². The summed E-state index contributed by atoms with van der Waals surface area (Å²) in [6.45, 7) is 0. The Labute approximate surface area is 202 Å². The van der Waals surface area contributed by atoms with Crippen molar-refractivity contribution in [1.82, 2.24) is 15.5 Å². The number of hydrogen-bond donors (Lipinski definition) is 2. The third kappa shape index (κ3) is 6.09. The molecule has 0 fully saturated rings. The van der Waals surface area contributed by atoms with Gasteiger partial charge in [-0.05, 0) is 35.9 Å². The molecule has 11 heteroatoms. The molecule has 0 radical (unpaired) electrons. The standard InChI is InChI=1S/C24H18FN5O4S/c25-18-11-9-16(10-12-18)23-28-29-24(35-23)27-22(32)20(13-15-5-2-1-3-6-15)26-21(31)17-7-4-8-19(14-17)30(33)34/h1-12,14,20H,13H2,(H,26,31)(H,27,29,32). The summed E-state index contributed by atoms with van der Waals surface area (Å²) in [6.07, 6.45) is 0.178. The van der Waals surface area contributed by atoms with E-state index in [-0.39, 0.29) is 28.6 Å². The van der Waals surface area contributed by atoms with Gasteiger partial charge >= 0.3 is 0 Å². The molecule has 3 aromatic carbocycles. The molecular formula is C24H18FN5O4S. The van der Waals surface area contributed by atoms with Crippen LogP contribution in [0.1, 0.15) is 15.9 Å². The molecule has 0 saturated carbocycles. The van der Waals surface area contributed by atoms with Crippen molar-refractivity contribution in [1.29, 1.82) is 0 Å². The lowest BCUT2D eigenvalue weighted by Crippen LogP contribution is -2.45. The molecule has 35 heavy (non-hydrogen) atoms. The molecule has 1 unspecified atom stereocenters. The molecule has 0 aliphatic rings. The van der Waals surface area contributed by atoms with Crippen molar-refractivity contribution >= 4 is 34.0 Å². The normalized spacial score (nSPS) is 11.5. The Kier molecular flexibility index (Phi) is 7.17. The monoisotopic (exact) mass is 491 g/mol. The molecule has 4 aromatic rings. The zero-order chi connectivity index (χ0) is 24.8. The van der Waals surface area contributed by atoms with Gasteiger partial charge in [-0.25, -0.2) is 4.39 Å². The van der Waals surface area contributed by atoms with E-state index in [9.17, 15) is 24.1 Å². The minimum Gasteiger partial charge on any atom is -0.340 e. The summed E-state index contributed by atoms with van der Waals surface area (Å²) in [7, 11) is 0. The first-order chi connectivity index (χ1) is 16.9. The Morgan fingerprint density at radius 2 is 1.74 bits per heavy atom. The van der Waals surface area contributed by atoms with Gasteiger partial charge < -0.3 is 5.32 Å². The summed E-state index contributed by atoms with van der Waals surface area (Å²) in [5.74, 6) is -1.54. The van der Waals surface area contributed by atoms with E-state index >= 15 is 0 Å². The number of carbonyl (C=O) groups is 2. The Balaban J connectivity index is 1.52. The predicted octanol–water partition coefficient (Wildman–Crippen LogP) is 4.23. The largest absolute Gasteiger partial charge is 0.340 e. The second-order valence-corrected chi connectivity index (χ2v) is 8.41. The van der Waals surface area contributed by atoms with Gasteiger partial charge in [-0.3, -0.25) is 25.0 Å². The highest BCUT2D eigenvalue weighted by Gasteiger charge is 2.24. The van der Waals surface area contributed by atoms with Crippen molar-refractivity contribution in [3.8, 4) is 10.6 Å². The van der Waals surface area contributed by atoms with Gasteiger partial charge in [-0.15, -0.1) is 10.2 Å². The van der Waals surface area contributed by atoms with Crippen LogP contribution >= 0.6 is 11.3 Å². The lowest BCUT2D eigenvalue weighted by Gasteiger charge is -2.18. The Morgan fingerprint density at radius 1 is 1.00 bits per heavy atom. The Bertz CT molecular complexity index is 1360. The molecule has 1 atom stereocenters. The van der Waals surface area contributed by atoms with E-state index in [4.69, 9.17) is 0 Å². The molecule has 2 amide bonds. The quantitative estimate of drug-likeness (QED) is 0.280. The van der Waals surface area contributed by atoms with Gasteiger partial charge in [0.25, 0.3) is 11.6 Å². The van der Waals surface area contributed by atoms with E-state index in [0.29, 0.717) is 10.6 Å². The van der Waals surface area contributed by atoms with Crippen LogP contribution < -0.4 is 10.6 Å². The van der Waals surface area contributed by atoms with Crippen LogP contribution in [-0.2, 0) is 11.2 Å². The number of nitrogens with one attached hydrogen (secondary N) is 2. The zero-order valence-corrected chi connectivity index (χ0v) is 18.9. The summed E-state index contributed by atoms with van der Waals surface area (Å²) >= 11 is 1.10. The smallest absolute Gasteiger partial charge is 0.270 e. The molecule has 0 aliphatic carbocycles. The van der Waals surface area contributed by atoms with Crippen LogP contribution in [0.25, 0.3) is 10.6 Å². The van der Waals surface area contributed by atoms with Crippen molar-refractivity contribution in [2.24, 2.45) is 0 Å². The van der Waals surface area contributed by atoms with Gasteiger partial charge in [-0.2, -0.15) is 0 Å². The summed E-state index contributed by atoms with van der Waals surface area (Å²) < 4.78 is 13.2. The maximum absolute atomic E-state index is 13.2. The summed E-state index contributed by atoms with van der Waals surface area (Å²) in [4.78, 5) is 36.4. The maximum Gasteiger partial charge on any atom is 0.270 e. The second-order valence-electron chi connectivity index (χ2n) is 7.43. The zero-order valence-electron chi connectivity index (χ0n) is 18.1. The number of carbonyl (C=O) groups excluding carboxylic acids is 2. The van der Waals surface area contributed by atoms with E-state index in [1.165, 1.54) is 30.3 Å². The third-order valence-electron chi connectivity index (χ3n) is 4.97. The number of nitro groups is 1. The van der Waals surface area contributed by atoms with Crippen LogP contribution in [0.5, 0.6) is 0 Å². The van der Waals surface area contributed by atoms with Gasteiger partial charge in [0.2, 0.25) is 11.0 Å². The fourth-order valence-corrected chi connectivity index (χ4v) is 3.99. The van der Waals surface area contributed by atoms with Gasteiger partial charge in [0.15, 0.2) is 0 Å². The van der Waals surface area contributed by atoms with Crippen LogP contribution in [-0.4, -0.2) is 33.0 Å². The number of non-ortho nitro benzene ring substituents is 1. The topological polar surface area (TPSA) is 127 Å². The number of aromatic nitrogens is 2. The fraction of sp³-hybridized carbons (Fsp3) is 0.0833. The number of amides is 2. The molecule has 1 aromatic heterocycles. The SMILES string of the molecule is O=C(NC(Cc1ccccc1)C(=O)Nc1nnc(-c2ccc(F)cc2)s1)c1cccc([N+](=O)[O-])c1. The number of rotatable bonds is 8. The van der Waals surface area contributed by atoms with Crippen LogP contribution in [0.2, 0.25) is 0 Å². The molecule has 0 saturated heterocycles. The fourth-order valence-electron chi connectivity index (χ4n) is 3.24. The number of nitro benzene ring substituents is 1. The predicted molar refractivity (Wildman–Crippen MR) is 128 cm³/mol. The van der Waals surface area contributed by atoms with Gasteiger partial charge in [0, 0.05) is 29.7 Å². The van der Waals surface area contributed by atoms with Crippen LogP contribution in [0.4, 0.5) is 15.2 Å². The highest BCUT2D eigenvalue weighted by Crippen LogP contribution is 2.26. The van der Waals surface area contributed by atoms with Crippen molar-refractivity contribution in [2.75, 3.05) is 5.32 Å². The van der Waals surface area contributed by atoms with Crippen LogP contribution in [0.3, 0.4) is 0 Å². The lowest BCUT2D eigenvalue weighted by atomic mass is 10.0. The van der Waals surface area contributed by atoms with E-state index in [1.807, 2.05) is 30.3 Å². The van der Waals surface area contributed by atoms with Gasteiger partial charge in [0.1, 0.15) is 16.9 Å². The molecule has 0 bridgehead atoms. The summed E-state index contributed by atoms with van der Waals surface area (Å²) in [6, 6.07) is 19.1. The lowest BCUT2D eigenvalue weighted by molar-refractivity contribution is -0.384. The van der Waals surface area contributed by atoms with E-state index in [0.717, 1.165) is 23.0 Å². The van der Waals surface area contributed by atoms with Gasteiger partial charge in [-0.1, -0.05) is 47.7 Å². The summed E-state index contributed by atoms with van der Waals surface area (Å²) in [5.41, 5.74) is 1.27. The Morgan fingerprint density at radius 3 is 2.46 bits per heavy atom. The van der Waals surface area contributed by atoms with Crippen molar-refractivity contribution in [2.45, 2.75) is 12.5 Å². The number of halogens is 1. The molecule has 4 rings (SSSR count). The third-order valence-corrected chi connectivity index (χ3v) is 5.86. The summed E-state index contributed by atoms with van der Waals surface area (Å²) in [5, 5.41) is 25.1. The number of hydrogen-bond acceptors (Lipinski definition) is 7.